The highest BCUT2D eigenvalue weighted by Gasteiger charge is 2.25. The molecule has 0 saturated heterocycles. The third kappa shape index (κ3) is 1.79. The van der Waals surface area contributed by atoms with Crippen molar-refractivity contribution >= 4 is 27.3 Å². The lowest BCUT2D eigenvalue weighted by Gasteiger charge is -2.20. The van der Waals surface area contributed by atoms with Gasteiger partial charge in [0.05, 0.1) is 16.6 Å². The van der Waals surface area contributed by atoms with Crippen molar-refractivity contribution in [2.45, 2.75) is 26.2 Å². The van der Waals surface area contributed by atoms with E-state index in [0.29, 0.717) is 0 Å². The molecule has 0 radical (unpaired) electrons. The number of fused-ring (bicyclic) bond motifs is 5. The Morgan fingerprint density at radius 2 is 1.39 bits per heavy atom. The molecule has 3 nitrogen and oxygen atoms in total. The monoisotopic (exact) mass is 304 g/mol. The Kier molecular flexibility index (Phi) is 2.74. The van der Waals surface area contributed by atoms with E-state index in [0.717, 1.165) is 27.3 Å². The van der Waals surface area contributed by atoms with Gasteiger partial charge < -0.3 is 0 Å². The maximum absolute atomic E-state index is 13.0. The molecule has 0 bridgehead atoms. The fourth-order valence-electron chi connectivity index (χ4n) is 3.67. The highest BCUT2D eigenvalue weighted by Crippen LogP contribution is 2.37. The van der Waals surface area contributed by atoms with Crippen molar-refractivity contribution in [2.24, 2.45) is 7.05 Å². The molecule has 0 unspecified atom stereocenters. The first-order valence-electron chi connectivity index (χ1n) is 7.92. The normalized spacial score (nSPS) is 12.5. The van der Waals surface area contributed by atoms with Gasteiger partial charge in [0.2, 0.25) is 0 Å². The van der Waals surface area contributed by atoms with E-state index in [-0.39, 0.29) is 11.1 Å². The third-order valence-corrected chi connectivity index (χ3v) is 4.62. The van der Waals surface area contributed by atoms with Gasteiger partial charge in [0, 0.05) is 17.8 Å². The second kappa shape index (κ2) is 4.48. The minimum absolute atomic E-state index is 0.00500. The van der Waals surface area contributed by atoms with Crippen LogP contribution in [-0.2, 0) is 12.5 Å². The molecule has 0 atom stereocenters. The molecule has 4 aromatic rings. The molecule has 116 valence electrons. The van der Waals surface area contributed by atoms with Crippen LogP contribution in [-0.4, -0.2) is 8.97 Å². The van der Waals surface area contributed by atoms with Crippen LogP contribution in [0.3, 0.4) is 0 Å². The zero-order valence-corrected chi connectivity index (χ0v) is 13.9. The van der Waals surface area contributed by atoms with Crippen LogP contribution in [0.1, 0.15) is 26.3 Å². The number of nitrogens with zero attached hydrogens (tertiary/aromatic N) is 2. The molecule has 0 aliphatic carbocycles. The smallest absolute Gasteiger partial charge is 0.296 e. The molecule has 0 aliphatic rings. The number of hydrogen-bond donors (Lipinski definition) is 0. The van der Waals surface area contributed by atoms with Crippen molar-refractivity contribution < 1.29 is 0 Å². The Bertz CT molecular complexity index is 1120. The van der Waals surface area contributed by atoms with E-state index in [1.54, 1.807) is 4.57 Å². The van der Waals surface area contributed by atoms with Crippen molar-refractivity contribution in [3.05, 3.63) is 64.6 Å². The number of aromatic nitrogens is 2. The number of aryl methyl sites for hydroxylation is 1. The first kappa shape index (κ1) is 14.1. The molecule has 4 rings (SSSR count). The number of benzene rings is 2. The lowest BCUT2D eigenvalue weighted by molar-refractivity contribution is 0.600. The average Bonchev–Trinajstić information content (AvgIpc) is 2.88. The maximum atomic E-state index is 13.0. The molecule has 2 aromatic carbocycles. The number of para-hydroxylation sites is 2. The van der Waals surface area contributed by atoms with Crippen molar-refractivity contribution in [2.75, 3.05) is 0 Å². The topological polar surface area (TPSA) is 26.4 Å². The second-order valence-corrected chi connectivity index (χ2v) is 7.18. The molecule has 23 heavy (non-hydrogen) atoms. The Balaban J connectivity index is 2.48. The highest BCUT2D eigenvalue weighted by atomic mass is 16.1. The molecule has 3 heteroatoms. The summed E-state index contributed by atoms with van der Waals surface area (Å²) < 4.78 is 3.61. The Morgan fingerprint density at radius 1 is 0.826 bits per heavy atom. The molecule has 0 amide bonds. The van der Waals surface area contributed by atoms with Crippen LogP contribution in [0, 0.1) is 0 Å². The third-order valence-electron chi connectivity index (χ3n) is 4.62. The number of rotatable bonds is 0. The second-order valence-electron chi connectivity index (χ2n) is 7.18. The lowest BCUT2D eigenvalue weighted by Crippen LogP contribution is -2.25. The summed E-state index contributed by atoms with van der Waals surface area (Å²) in [7, 11) is 1.84. The Hall–Kier alpha value is -2.55. The van der Waals surface area contributed by atoms with Crippen LogP contribution < -0.4 is 5.69 Å². The van der Waals surface area contributed by atoms with Crippen LogP contribution >= 0.6 is 0 Å². The van der Waals surface area contributed by atoms with Crippen molar-refractivity contribution in [1.29, 1.82) is 0 Å². The zero-order valence-electron chi connectivity index (χ0n) is 13.9. The molecule has 2 aromatic heterocycles. The van der Waals surface area contributed by atoms with E-state index in [9.17, 15) is 4.79 Å². The largest absolute Gasteiger partial charge is 0.333 e. The fourth-order valence-corrected chi connectivity index (χ4v) is 3.67. The molecular weight excluding hydrogens is 284 g/mol. The summed E-state index contributed by atoms with van der Waals surface area (Å²) in [4.78, 5) is 13.0. The molecular formula is C20H20N2O. The quantitative estimate of drug-likeness (QED) is 0.477. The summed E-state index contributed by atoms with van der Waals surface area (Å²) in [5.41, 5.74) is 4.19. The van der Waals surface area contributed by atoms with Crippen molar-refractivity contribution in [3.63, 3.8) is 0 Å². The van der Waals surface area contributed by atoms with Gasteiger partial charge in [-0.15, -0.1) is 0 Å². The standard InChI is InChI=1S/C20H20N2O/c1-20(2,3)17-13-9-5-8-12-16(13)22-18(17)14-10-6-7-11-15(14)21(4)19(22)23/h5-12H,1-4H3. The Morgan fingerprint density at radius 3 is 2.04 bits per heavy atom. The van der Waals surface area contributed by atoms with E-state index in [4.69, 9.17) is 0 Å². The summed E-state index contributed by atoms with van der Waals surface area (Å²) in [6, 6.07) is 16.3. The van der Waals surface area contributed by atoms with Gasteiger partial charge in [-0.05, 0) is 23.1 Å². The van der Waals surface area contributed by atoms with Gasteiger partial charge in [-0.3, -0.25) is 8.97 Å². The van der Waals surface area contributed by atoms with Crippen LogP contribution in [0.2, 0.25) is 0 Å². The van der Waals surface area contributed by atoms with Gasteiger partial charge in [0.1, 0.15) is 0 Å². The first-order valence-corrected chi connectivity index (χ1v) is 7.92. The van der Waals surface area contributed by atoms with Gasteiger partial charge in [-0.1, -0.05) is 57.2 Å². The molecule has 0 fully saturated rings. The summed E-state index contributed by atoms with van der Waals surface area (Å²) in [5, 5.41) is 2.28. The molecule has 0 aliphatic heterocycles. The Labute approximate surface area is 134 Å². The van der Waals surface area contributed by atoms with Crippen LogP contribution in [0.15, 0.2) is 53.3 Å². The van der Waals surface area contributed by atoms with E-state index in [1.165, 1.54) is 5.56 Å². The van der Waals surface area contributed by atoms with Crippen molar-refractivity contribution in [1.82, 2.24) is 8.97 Å². The predicted molar refractivity (Wildman–Crippen MR) is 96.4 cm³/mol. The summed E-state index contributed by atoms with van der Waals surface area (Å²) >= 11 is 0. The van der Waals surface area contributed by atoms with Gasteiger partial charge >= 0.3 is 5.69 Å². The van der Waals surface area contributed by atoms with Crippen LogP contribution in [0.5, 0.6) is 0 Å². The van der Waals surface area contributed by atoms with Gasteiger partial charge in [0.25, 0.3) is 0 Å². The predicted octanol–water partition coefficient (Wildman–Crippen LogP) is 4.24. The van der Waals surface area contributed by atoms with Gasteiger partial charge in [0.15, 0.2) is 0 Å². The first-order chi connectivity index (χ1) is 10.9. The minimum atomic E-state index is -0.0521. The van der Waals surface area contributed by atoms with Crippen LogP contribution in [0.25, 0.3) is 27.3 Å². The SMILES string of the molecule is Cn1c(=O)n2c3ccccc3c(C(C)(C)C)c2c2ccccc21. The van der Waals surface area contributed by atoms with Gasteiger partial charge in [-0.2, -0.15) is 0 Å². The van der Waals surface area contributed by atoms with Crippen molar-refractivity contribution in [3.8, 4) is 0 Å². The molecule has 0 N–H and O–H groups in total. The molecule has 0 spiro atoms. The molecule has 2 heterocycles. The maximum Gasteiger partial charge on any atom is 0.333 e. The summed E-state index contributed by atoms with van der Waals surface area (Å²) in [5.74, 6) is 0. The average molecular weight is 304 g/mol. The summed E-state index contributed by atoms with van der Waals surface area (Å²) in [6.07, 6.45) is 0. The summed E-state index contributed by atoms with van der Waals surface area (Å²) in [6.45, 7) is 6.63. The fraction of sp³-hybridized carbons (Fsp3) is 0.250. The van der Waals surface area contributed by atoms with E-state index >= 15 is 0 Å². The van der Waals surface area contributed by atoms with Gasteiger partial charge in [-0.25, -0.2) is 4.79 Å². The zero-order chi connectivity index (χ0) is 16.4. The van der Waals surface area contributed by atoms with E-state index in [2.05, 4.69) is 32.9 Å². The van der Waals surface area contributed by atoms with E-state index < -0.39 is 0 Å². The minimum Gasteiger partial charge on any atom is -0.296 e. The lowest BCUT2D eigenvalue weighted by atomic mass is 9.85. The highest BCUT2D eigenvalue weighted by molar-refractivity contribution is 6.05. The van der Waals surface area contributed by atoms with E-state index in [1.807, 2.05) is 47.8 Å². The number of hydrogen-bond acceptors (Lipinski definition) is 1. The van der Waals surface area contributed by atoms with Crippen LogP contribution in [0.4, 0.5) is 0 Å². The molecule has 0 saturated carbocycles.